The number of ether oxygens (including phenoxy) is 3. The highest BCUT2D eigenvalue weighted by Crippen LogP contribution is 2.20. The van der Waals surface area contributed by atoms with Crippen LogP contribution in [-0.4, -0.2) is 30.8 Å². The third-order valence-electron chi connectivity index (χ3n) is 4.63. The zero-order chi connectivity index (χ0) is 22.4. The van der Waals surface area contributed by atoms with Crippen LogP contribution in [0.5, 0.6) is 0 Å². The Morgan fingerprint density at radius 2 is 1.81 bits per heavy atom. The monoisotopic (exact) mass is 537 g/mol. The molecule has 3 rings (SSSR count). The van der Waals surface area contributed by atoms with E-state index < -0.39 is 30.8 Å². The van der Waals surface area contributed by atoms with Crippen molar-refractivity contribution in [3.8, 4) is 0 Å². The second-order valence-corrected chi connectivity index (χ2v) is 11.3. The van der Waals surface area contributed by atoms with Gasteiger partial charge in [0.15, 0.2) is 13.7 Å². The molecule has 1 aliphatic rings. The van der Waals surface area contributed by atoms with Gasteiger partial charge in [0.05, 0.1) is 12.8 Å². The standard InChI is InChI=1S/C24H26IO6/c1-24(2,3)17-7-9-18(10-8-17)25-19-6-4-5-16(13-19)14-21(27)29-15-22(28)31-23-12-11-20(26)30-23/h4-10,13,23H,11-12,14-15H2,1-3H3/q+1. The second-order valence-electron chi connectivity index (χ2n) is 8.27. The number of carbonyl (C=O) groups is 3. The van der Waals surface area contributed by atoms with E-state index in [0.29, 0.717) is 6.42 Å². The van der Waals surface area contributed by atoms with Crippen molar-refractivity contribution >= 4 is 17.9 Å². The molecule has 0 spiro atoms. The van der Waals surface area contributed by atoms with E-state index in [1.807, 2.05) is 18.2 Å². The summed E-state index contributed by atoms with van der Waals surface area (Å²) >= 11 is -0.362. The lowest BCUT2D eigenvalue weighted by molar-refractivity contribution is -0.597. The summed E-state index contributed by atoms with van der Waals surface area (Å²) in [6, 6.07) is 16.6. The molecule has 31 heavy (non-hydrogen) atoms. The van der Waals surface area contributed by atoms with E-state index in [9.17, 15) is 14.4 Å². The third kappa shape index (κ3) is 7.34. The van der Waals surface area contributed by atoms with Gasteiger partial charge in [0.25, 0.3) is 0 Å². The molecular weight excluding hydrogens is 511 g/mol. The predicted octanol–water partition coefficient (Wildman–Crippen LogP) is 0.405. The first-order valence-corrected chi connectivity index (χ1v) is 12.2. The minimum Gasteiger partial charge on any atom is -0.453 e. The summed E-state index contributed by atoms with van der Waals surface area (Å²) in [5.74, 6) is -1.64. The molecule has 2 aromatic rings. The fourth-order valence-electron chi connectivity index (χ4n) is 2.97. The van der Waals surface area contributed by atoms with E-state index >= 15 is 0 Å². The average molecular weight is 537 g/mol. The molecule has 0 amide bonds. The van der Waals surface area contributed by atoms with E-state index in [0.717, 1.165) is 5.56 Å². The van der Waals surface area contributed by atoms with Crippen molar-refractivity contribution in [2.45, 2.75) is 51.7 Å². The summed E-state index contributed by atoms with van der Waals surface area (Å²) in [4.78, 5) is 34.8. The van der Waals surface area contributed by atoms with Crippen LogP contribution in [0, 0.1) is 7.14 Å². The Bertz CT molecular complexity index is 945. The molecule has 0 saturated carbocycles. The third-order valence-corrected chi connectivity index (χ3v) is 7.26. The van der Waals surface area contributed by atoms with Crippen LogP contribution in [0.1, 0.15) is 44.7 Å². The summed E-state index contributed by atoms with van der Waals surface area (Å²) in [6.45, 7) is 6.09. The van der Waals surface area contributed by atoms with Crippen molar-refractivity contribution in [1.29, 1.82) is 0 Å². The number of hydrogen-bond acceptors (Lipinski definition) is 6. The molecule has 0 aliphatic carbocycles. The number of cyclic esters (lactones) is 1. The summed E-state index contributed by atoms with van der Waals surface area (Å²) in [7, 11) is 0. The van der Waals surface area contributed by atoms with Crippen LogP contribution in [-0.2, 0) is 40.4 Å². The van der Waals surface area contributed by atoms with Crippen molar-refractivity contribution in [3.63, 3.8) is 0 Å². The van der Waals surface area contributed by atoms with Crippen molar-refractivity contribution in [1.82, 2.24) is 0 Å². The Labute approximate surface area is 192 Å². The summed E-state index contributed by atoms with van der Waals surface area (Å²) in [6.07, 6.45) is -0.256. The zero-order valence-corrected chi connectivity index (χ0v) is 20.0. The molecule has 1 fully saturated rings. The van der Waals surface area contributed by atoms with Crippen molar-refractivity contribution < 1.29 is 49.8 Å². The lowest BCUT2D eigenvalue weighted by Gasteiger charge is -2.18. The molecule has 2 aromatic carbocycles. The van der Waals surface area contributed by atoms with Gasteiger partial charge in [0.2, 0.25) is 6.29 Å². The normalized spacial score (nSPS) is 16.0. The minimum absolute atomic E-state index is 0.0756. The Morgan fingerprint density at radius 3 is 2.45 bits per heavy atom. The van der Waals surface area contributed by atoms with E-state index in [1.54, 1.807) is 0 Å². The SMILES string of the molecule is CC(C)(C)c1ccc([I+]c2cccc(CC(=O)OCC(=O)OC3CCC(=O)O3)c2)cc1. The van der Waals surface area contributed by atoms with Crippen molar-refractivity contribution in [2.24, 2.45) is 0 Å². The van der Waals surface area contributed by atoms with Gasteiger partial charge in [0, 0.05) is 6.42 Å². The Morgan fingerprint density at radius 1 is 1.06 bits per heavy atom. The maximum atomic E-state index is 12.1. The maximum Gasteiger partial charge on any atom is 0.357 e. The first-order valence-electron chi connectivity index (χ1n) is 10.1. The fourth-order valence-corrected chi connectivity index (χ4v) is 5.35. The number of esters is 3. The van der Waals surface area contributed by atoms with Gasteiger partial charge in [0.1, 0.15) is 0 Å². The van der Waals surface area contributed by atoms with E-state index in [4.69, 9.17) is 14.2 Å². The van der Waals surface area contributed by atoms with Crippen LogP contribution in [0.4, 0.5) is 0 Å². The molecule has 1 unspecified atom stereocenters. The topological polar surface area (TPSA) is 78.9 Å². The minimum atomic E-state index is -0.878. The highest BCUT2D eigenvalue weighted by atomic mass is 127. The molecular formula is C24H26IO6+. The van der Waals surface area contributed by atoms with Crippen molar-refractivity contribution in [2.75, 3.05) is 6.61 Å². The van der Waals surface area contributed by atoms with Gasteiger partial charge in [-0.15, -0.1) is 0 Å². The van der Waals surface area contributed by atoms with Gasteiger partial charge >= 0.3 is 39.1 Å². The lowest BCUT2D eigenvalue weighted by Crippen LogP contribution is -3.61. The molecule has 1 saturated heterocycles. The number of carbonyl (C=O) groups excluding carboxylic acids is 3. The zero-order valence-electron chi connectivity index (χ0n) is 17.9. The molecule has 6 nitrogen and oxygen atoms in total. The predicted molar refractivity (Wildman–Crippen MR) is 109 cm³/mol. The van der Waals surface area contributed by atoms with E-state index in [1.165, 1.54) is 12.7 Å². The Kier molecular flexibility index (Phi) is 7.69. The first kappa shape index (κ1) is 23.2. The average Bonchev–Trinajstić information content (AvgIpc) is 3.11. The van der Waals surface area contributed by atoms with Crippen LogP contribution >= 0.6 is 0 Å². The van der Waals surface area contributed by atoms with E-state index in [2.05, 4.69) is 51.1 Å². The first-order chi connectivity index (χ1) is 14.7. The summed E-state index contributed by atoms with van der Waals surface area (Å²) in [5.41, 5.74) is 2.28. The Balaban J connectivity index is 1.48. The number of benzene rings is 2. The molecule has 0 bridgehead atoms. The van der Waals surface area contributed by atoms with Gasteiger partial charge in [-0.2, -0.15) is 0 Å². The van der Waals surface area contributed by atoms with Crippen molar-refractivity contribution in [3.05, 3.63) is 66.8 Å². The molecule has 1 aliphatic heterocycles. The lowest BCUT2D eigenvalue weighted by atomic mass is 9.87. The molecule has 0 N–H and O–H groups in total. The van der Waals surface area contributed by atoms with Gasteiger partial charge in [-0.05, 0) is 40.8 Å². The van der Waals surface area contributed by atoms with E-state index in [-0.39, 0.29) is 39.5 Å². The summed E-state index contributed by atoms with van der Waals surface area (Å²) < 4.78 is 17.3. The largest absolute Gasteiger partial charge is 0.453 e. The molecule has 1 heterocycles. The second kappa shape index (κ2) is 10.3. The van der Waals surface area contributed by atoms with Crippen LogP contribution in [0.25, 0.3) is 0 Å². The molecule has 7 heteroatoms. The highest BCUT2D eigenvalue weighted by molar-refractivity contribution is 5.78. The van der Waals surface area contributed by atoms with Crippen LogP contribution in [0.3, 0.4) is 0 Å². The molecule has 0 aromatic heterocycles. The maximum absolute atomic E-state index is 12.1. The van der Waals surface area contributed by atoms with Gasteiger partial charge in [-0.25, -0.2) is 4.79 Å². The summed E-state index contributed by atoms with van der Waals surface area (Å²) in [5, 5.41) is 0. The highest BCUT2D eigenvalue weighted by Gasteiger charge is 2.27. The molecule has 164 valence electrons. The quantitative estimate of drug-likeness (QED) is 0.376. The van der Waals surface area contributed by atoms with Gasteiger partial charge in [-0.1, -0.05) is 45.0 Å². The van der Waals surface area contributed by atoms with Gasteiger partial charge < -0.3 is 14.2 Å². The van der Waals surface area contributed by atoms with Crippen LogP contribution in [0.15, 0.2) is 48.5 Å². The molecule has 1 atom stereocenters. The van der Waals surface area contributed by atoms with Gasteiger partial charge in [-0.3, -0.25) is 9.59 Å². The van der Waals surface area contributed by atoms with Crippen LogP contribution < -0.4 is 21.2 Å². The number of halogens is 1. The van der Waals surface area contributed by atoms with Crippen LogP contribution in [0.2, 0.25) is 0 Å². The fraction of sp³-hybridized carbons (Fsp3) is 0.375. The number of rotatable bonds is 7. The number of hydrogen-bond donors (Lipinski definition) is 0. The Hall–Kier alpha value is -2.42. The molecule has 0 radical (unpaired) electrons. The smallest absolute Gasteiger partial charge is 0.357 e.